The number of oxazole rings is 1. The van der Waals surface area contributed by atoms with Gasteiger partial charge in [-0.15, -0.1) is 0 Å². The smallest absolute Gasteiger partial charge is 0.400 e. The van der Waals surface area contributed by atoms with Crippen molar-refractivity contribution >= 4 is 16.8 Å². The Hall–Kier alpha value is -2.69. The molecule has 0 spiro atoms. The summed E-state index contributed by atoms with van der Waals surface area (Å²) in [7, 11) is 1.58. The van der Waals surface area contributed by atoms with E-state index in [1.54, 1.807) is 25.3 Å². The van der Waals surface area contributed by atoms with Gasteiger partial charge in [-0.3, -0.25) is 0 Å². The number of rotatable bonds is 3. The van der Waals surface area contributed by atoms with E-state index in [0.717, 1.165) is 5.52 Å². The molecule has 0 unspecified atom stereocenters. The molecule has 2 aromatic carbocycles. The van der Waals surface area contributed by atoms with Crippen LogP contribution in [0.25, 0.3) is 11.1 Å². The second-order valence-corrected chi connectivity index (χ2v) is 3.95. The van der Waals surface area contributed by atoms with Gasteiger partial charge in [-0.1, -0.05) is 12.1 Å². The molecule has 0 atom stereocenters. The Kier molecular flexibility index (Phi) is 2.72. The Labute approximate surface area is 109 Å². The first-order valence-electron chi connectivity index (χ1n) is 5.73. The highest BCUT2D eigenvalue weighted by Crippen LogP contribution is 2.32. The topological polar surface area (TPSA) is 70.5 Å². The molecule has 0 saturated carbocycles. The lowest BCUT2D eigenvalue weighted by Crippen LogP contribution is -1.93. The third kappa shape index (κ3) is 2.18. The molecule has 0 fully saturated rings. The Morgan fingerprint density at radius 3 is 2.79 bits per heavy atom. The fourth-order valence-electron chi connectivity index (χ4n) is 1.72. The maximum absolute atomic E-state index is 5.84. The number of methoxy groups -OCH3 is 1. The van der Waals surface area contributed by atoms with Gasteiger partial charge in [0.05, 0.1) is 12.8 Å². The molecule has 2 N–H and O–H groups in total. The minimum atomic E-state index is 0.154. The van der Waals surface area contributed by atoms with E-state index < -0.39 is 0 Å². The number of fused-ring (bicyclic) bond motifs is 1. The summed E-state index contributed by atoms with van der Waals surface area (Å²) < 4.78 is 16.1. The van der Waals surface area contributed by atoms with Crippen LogP contribution in [0.15, 0.2) is 46.9 Å². The second kappa shape index (κ2) is 4.53. The first kappa shape index (κ1) is 11.4. The van der Waals surface area contributed by atoms with Gasteiger partial charge >= 0.3 is 6.08 Å². The molecule has 1 heterocycles. The predicted octanol–water partition coefficient (Wildman–Crippen LogP) is 3.21. The van der Waals surface area contributed by atoms with Crippen LogP contribution < -0.4 is 15.2 Å². The van der Waals surface area contributed by atoms with Crippen LogP contribution in [-0.4, -0.2) is 12.1 Å². The number of nitrogens with zero attached hydrogens (tertiary/aromatic N) is 1. The lowest BCUT2D eigenvalue weighted by atomic mass is 10.3. The highest BCUT2D eigenvalue weighted by Gasteiger charge is 2.10. The predicted molar refractivity (Wildman–Crippen MR) is 71.5 cm³/mol. The van der Waals surface area contributed by atoms with E-state index in [-0.39, 0.29) is 6.08 Å². The van der Waals surface area contributed by atoms with E-state index in [9.17, 15) is 0 Å². The van der Waals surface area contributed by atoms with Crippen LogP contribution in [0.2, 0.25) is 0 Å². The van der Waals surface area contributed by atoms with Crippen molar-refractivity contribution in [1.82, 2.24) is 4.98 Å². The molecule has 0 radical (unpaired) electrons. The molecule has 0 amide bonds. The number of hydrogen-bond donors (Lipinski definition) is 1. The second-order valence-electron chi connectivity index (χ2n) is 3.95. The Morgan fingerprint density at radius 1 is 1.16 bits per heavy atom. The molecule has 5 nitrogen and oxygen atoms in total. The van der Waals surface area contributed by atoms with Crippen molar-refractivity contribution in [3.05, 3.63) is 42.5 Å². The number of anilines is 1. The maximum Gasteiger partial charge on any atom is 0.400 e. The minimum absolute atomic E-state index is 0.154. The highest BCUT2D eigenvalue weighted by atomic mass is 16.6. The normalized spacial score (nSPS) is 10.6. The Balaban J connectivity index is 1.96. The van der Waals surface area contributed by atoms with Crippen LogP contribution in [0.5, 0.6) is 17.6 Å². The molecule has 96 valence electrons. The molecule has 3 rings (SSSR count). The molecule has 0 aliphatic heterocycles. The third-order valence-electron chi connectivity index (χ3n) is 2.69. The van der Waals surface area contributed by atoms with Gasteiger partial charge < -0.3 is 19.6 Å². The number of hydrogen-bond acceptors (Lipinski definition) is 5. The monoisotopic (exact) mass is 256 g/mol. The Bertz CT molecular complexity index is 689. The lowest BCUT2D eigenvalue weighted by Gasteiger charge is -2.06. The quantitative estimate of drug-likeness (QED) is 0.728. The molecular weight excluding hydrogens is 244 g/mol. The van der Waals surface area contributed by atoms with Crippen LogP contribution in [-0.2, 0) is 0 Å². The molecular formula is C14H12N2O3. The largest absolute Gasteiger partial charge is 0.497 e. The molecule has 1 aromatic heterocycles. The fraction of sp³-hybridized carbons (Fsp3) is 0.0714. The van der Waals surface area contributed by atoms with Crippen molar-refractivity contribution in [2.75, 3.05) is 12.8 Å². The maximum atomic E-state index is 5.84. The van der Waals surface area contributed by atoms with Gasteiger partial charge in [0, 0.05) is 6.07 Å². The lowest BCUT2D eigenvalue weighted by molar-refractivity contribution is 0.341. The first-order chi connectivity index (χ1) is 9.26. The van der Waals surface area contributed by atoms with Crippen molar-refractivity contribution in [1.29, 1.82) is 0 Å². The SMILES string of the molecule is COc1ccc(N)c(Oc2nc3ccccc3o2)c1. The number of nitrogen functional groups attached to an aromatic ring is 1. The summed E-state index contributed by atoms with van der Waals surface area (Å²) in [4.78, 5) is 4.22. The van der Waals surface area contributed by atoms with Gasteiger partial charge in [0.15, 0.2) is 11.3 Å². The van der Waals surface area contributed by atoms with Gasteiger partial charge in [-0.2, -0.15) is 4.98 Å². The van der Waals surface area contributed by atoms with Crippen molar-refractivity contribution in [3.63, 3.8) is 0 Å². The van der Waals surface area contributed by atoms with E-state index >= 15 is 0 Å². The zero-order valence-electron chi connectivity index (χ0n) is 10.3. The third-order valence-corrected chi connectivity index (χ3v) is 2.69. The number of para-hydroxylation sites is 2. The highest BCUT2D eigenvalue weighted by molar-refractivity contribution is 5.72. The van der Waals surface area contributed by atoms with Gasteiger partial charge in [-0.25, -0.2) is 0 Å². The number of ether oxygens (including phenoxy) is 2. The molecule has 0 aliphatic rings. The molecule has 3 aromatic rings. The van der Waals surface area contributed by atoms with Gasteiger partial charge in [0.2, 0.25) is 0 Å². The molecule has 5 heteroatoms. The average Bonchev–Trinajstić information content (AvgIpc) is 2.83. The van der Waals surface area contributed by atoms with Crippen LogP contribution in [0.1, 0.15) is 0 Å². The average molecular weight is 256 g/mol. The summed E-state index contributed by atoms with van der Waals surface area (Å²) in [5, 5.41) is 0. The summed E-state index contributed by atoms with van der Waals surface area (Å²) in [6.07, 6.45) is 0.154. The van der Waals surface area contributed by atoms with Gasteiger partial charge in [0.1, 0.15) is 11.3 Å². The van der Waals surface area contributed by atoms with Crippen molar-refractivity contribution < 1.29 is 13.9 Å². The van der Waals surface area contributed by atoms with Crippen LogP contribution in [0.4, 0.5) is 5.69 Å². The van der Waals surface area contributed by atoms with E-state index in [1.807, 2.05) is 24.3 Å². The summed E-state index contributed by atoms with van der Waals surface area (Å²) in [6, 6.07) is 12.6. The minimum Gasteiger partial charge on any atom is -0.497 e. The van der Waals surface area contributed by atoms with Crippen molar-refractivity contribution in [2.45, 2.75) is 0 Å². The van der Waals surface area contributed by atoms with E-state index in [2.05, 4.69) is 4.98 Å². The van der Waals surface area contributed by atoms with Crippen LogP contribution in [0, 0.1) is 0 Å². The van der Waals surface area contributed by atoms with Gasteiger partial charge in [-0.05, 0) is 24.3 Å². The van der Waals surface area contributed by atoms with E-state index in [4.69, 9.17) is 19.6 Å². The van der Waals surface area contributed by atoms with Crippen molar-refractivity contribution in [2.24, 2.45) is 0 Å². The summed E-state index contributed by atoms with van der Waals surface area (Å²) in [6.45, 7) is 0. The van der Waals surface area contributed by atoms with Gasteiger partial charge in [0.25, 0.3) is 0 Å². The zero-order chi connectivity index (χ0) is 13.2. The summed E-state index contributed by atoms with van der Waals surface area (Å²) >= 11 is 0. The van der Waals surface area contributed by atoms with E-state index in [0.29, 0.717) is 22.8 Å². The molecule has 0 bridgehead atoms. The first-order valence-corrected chi connectivity index (χ1v) is 5.73. The van der Waals surface area contributed by atoms with Crippen LogP contribution in [0.3, 0.4) is 0 Å². The summed E-state index contributed by atoms with van der Waals surface area (Å²) in [5.74, 6) is 1.10. The summed E-state index contributed by atoms with van der Waals surface area (Å²) in [5.41, 5.74) is 7.73. The van der Waals surface area contributed by atoms with E-state index in [1.165, 1.54) is 0 Å². The molecule has 19 heavy (non-hydrogen) atoms. The number of benzene rings is 2. The fourth-order valence-corrected chi connectivity index (χ4v) is 1.72. The molecule has 0 aliphatic carbocycles. The van der Waals surface area contributed by atoms with Crippen molar-refractivity contribution in [3.8, 4) is 17.6 Å². The standard InChI is InChI=1S/C14H12N2O3/c1-17-9-6-7-10(15)13(8-9)19-14-16-11-4-2-3-5-12(11)18-14/h2-8H,15H2,1H3. The van der Waals surface area contributed by atoms with Crippen LogP contribution >= 0.6 is 0 Å². The number of nitrogens with two attached hydrogens (primary N) is 1. The molecule has 0 saturated heterocycles. The zero-order valence-corrected chi connectivity index (χ0v) is 10.3. The Morgan fingerprint density at radius 2 is 2.00 bits per heavy atom. The number of aromatic nitrogens is 1.